The number of ether oxygens (including phenoxy) is 1. The van der Waals surface area contributed by atoms with Crippen molar-refractivity contribution in [2.75, 3.05) is 40.4 Å². The van der Waals surface area contributed by atoms with Crippen LogP contribution in [0, 0.1) is 0 Å². The summed E-state index contributed by atoms with van der Waals surface area (Å²) in [5, 5.41) is 3.45. The predicted molar refractivity (Wildman–Crippen MR) is 70.9 cm³/mol. The van der Waals surface area contributed by atoms with Crippen LogP contribution in [0.5, 0.6) is 0 Å². The van der Waals surface area contributed by atoms with Gasteiger partial charge in [0, 0.05) is 19.7 Å². The highest BCUT2D eigenvalue weighted by molar-refractivity contribution is 4.73. The van der Waals surface area contributed by atoms with Crippen molar-refractivity contribution in [1.82, 2.24) is 10.2 Å². The van der Waals surface area contributed by atoms with E-state index in [0.29, 0.717) is 6.04 Å². The Kier molecular flexibility index (Phi) is 10.9. The first-order valence-electron chi connectivity index (χ1n) is 6.27. The zero-order valence-corrected chi connectivity index (χ0v) is 11.2. The number of allylic oxidation sites excluding steroid dienone is 1. The largest absolute Gasteiger partial charge is 0.383 e. The lowest BCUT2D eigenvalue weighted by molar-refractivity contribution is 0.105. The van der Waals surface area contributed by atoms with E-state index in [4.69, 9.17) is 4.74 Å². The SMILES string of the molecule is C=CCCCN(C)C(CNCCC)COC. The normalized spacial score (nSPS) is 13.0. The molecule has 96 valence electrons. The molecule has 0 fully saturated rings. The van der Waals surface area contributed by atoms with Crippen LogP contribution >= 0.6 is 0 Å². The first kappa shape index (κ1) is 15.6. The number of rotatable bonds is 11. The van der Waals surface area contributed by atoms with Gasteiger partial charge >= 0.3 is 0 Å². The molecule has 1 unspecified atom stereocenters. The summed E-state index contributed by atoms with van der Waals surface area (Å²) in [4.78, 5) is 2.37. The molecule has 0 aromatic rings. The van der Waals surface area contributed by atoms with Gasteiger partial charge in [0.25, 0.3) is 0 Å². The van der Waals surface area contributed by atoms with Gasteiger partial charge in [0.2, 0.25) is 0 Å². The van der Waals surface area contributed by atoms with E-state index in [9.17, 15) is 0 Å². The minimum absolute atomic E-state index is 0.473. The Morgan fingerprint density at radius 1 is 1.50 bits per heavy atom. The van der Waals surface area contributed by atoms with E-state index in [-0.39, 0.29) is 0 Å². The summed E-state index contributed by atoms with van der Waals surface area (Å²) in [7, 11) is 3.94. The number of hydrogen-bond donors (Lipinski definition) is 1. The molecule has 0 bridgehead atoms. The second kappa shape index (κ2) is 11.1. The molecule has 1 N–H and O–H groups in total. The molecular formula is C13H28N2O. The fourth-order valence-corrected chi connectivity index (χ4v) is 1.65. The first-order valence-corrected chi connectivity index (χ1v) is 6.27. The zero-order chi connectivity index (χ0) is 12.2. The lowest BCUT2D eigenvalue weighted by Crippen LogP contribution is -2.43. The number of nitrogens with one attached hydrogen (secondary N) is 1. The molecule has 0 aliphatic rings. The van der Waals surface area contributed by atoms with Gasteiger partial charge in [-0.15, -0.1) is 6.58 Å². The highest BCUT2D eigenvalue weighted by Crippen LogP contribution is 2.00. The first-order chi connectivity index (χ1) is 7.76. The Hall–Kier alpha value is -0.380. The third kappa shape index (κ3) is 7.85. The van der Waals surface area contributed by atoms with Crippen LogP contribution in [-0.2, 0) is 4.74 Å². The van der Waals surface area contributed by atoms with Crippen LogP contribution in [-0.4, -0.2) is 51.3 Å². The van der Waals surface area contributed by atoms with Crippen molar-refractivity contribution in [2.45, 2.75) is 32.2 Å². The molecule has 1 atom stereocenters. The van der Waals surface area contributed by atoms with Crippen molar-refractivity contribution in [3.8, 4) is 0 Å². The number of nitrogens with zero attached hydrogens (tertiary/aromatic N) is 1. The molecule has 0 saturated heterocycles. The standard InChI is InChI=1S/C13H28N2O/c1-5-7-8-10-15(3)13(12-16-4)11-14-9-6-2/h5,13-14H,1,6-12H2,2-4H3. The van der Waals surface area contributed by atoms with E-state index >= 15 is 0 Å². The van der Waals surface area contributed by atoms with E-state index in [2.05, 4.69) is 30.8 Å². The molecule has 16 heavy (non-hydrogen) atoms. The minimum Gasteiger partial charge on any atom is -0.383 e. The Morgan fingerprint density at radius 3 is 2.81 bits per heavy atom. The minimum atomic E-state index is 0.473. The summed E-state index contributed by atoms with van der Waals surface area (Å²) in [5.74, 6) is 0. The molecule has 3 heteroatoms. The predicted octanol–water partition coefficient (Wildman–Crippen LogP) is 1.90. The number of unbranched alkanes of at least 4 members (excludes halogenated alkanes) is 1. The Labute approximate surface area is 101 Å². The van der Waals surface area contributed by atoms with Crippen LogP contribution in [0.25, 0.3) is 0 Å². The van der Waals surface area contributed by atoms with Crippen LogP contribution in [0.4, 0.5) is 0 Å². The molecular weight excluding hydrogens is 200 g/mol. The van der Waals surface area contributed by atoms with Crippen LogP contribution < -0.4 is 5.32 Å². The lowest BCUT2D eigenvalue weighted by atomic mass is 10.2. The van der Waals surface area contributed by atoms with E-state index in [0.717, 1.165) is 32.7 Å². The average molecular weight is 228 g/mol. The average Bonchev–Trinajstić information content (AvgIpc) is 2.28. The van der Waals surface area contributed by atoms with Gasteiger partial charge in [-0.3, -0.25) is 4.90 Å². The molecule has 0 aliphatic heterocycles. The maximum atomic E-state index is 5.26. The van der Waals surface area contributed by atoms with Crippen LogP contribution in [0.3, 0.4) is 0 Å². The Morgan fingerprint density at radius 2 is 2.25 bits per heavy atom. The molecule has 0 rings (SSSR count). The van der Waals surface area contributed by atoms with E-state index in [1.165, 1.54) is 12.8 Å². The van der Waals surface area contributed by atoms with Gasteiger partial charge in [0.1, 0.15) is 0 Å². The van der Waals surface area contributed by atoms with Crippen molar-refractivity contribution in [1.29, 1.82) is 0 Å². The Balaban J connectivity index is 3.81. The second-order valence-electron chi connectivity index (χ2n) is 4.22. The monoisotopic (exact) mass is 228 g/mol. The van der Waals surface area contributed by atoms with Crippen molar-refractivity contribution in [3.63, 3.8) is 0 Å². The van der Waals surface area contributed by atoms with Crippen LogP contribution in [0.1, 0.15) is 26.2 Å². The fraction of sp³-hybridized carbons (Fsp3) is 0.846. The summed E-state index contributed by atoms with van der Waals surface area (Å²) in [6.45, 7) is 9.92. The summed E-state index contributed by atoms with van der Waals surface area (Å²) in [6.07, 6.45) is 5.43. The van der Waals surface area contributed by atoms with Gasteiger partial charge in [-0.1, -0.05) is 13.0 Å². The third-order valence-corrected chi connectivity index (χ3v) is 2.71. The van der Waals surface area contributed by atoms with Gasteiger partial charge in [0.15, 0.2) is 0 Å². The van der Waals surface area contributed by atoms with Crippen molar-refractivity contribution < 1.29 is 4.74 Å². The smallest absolute Gasteiger partial charge is 0.0630 e. The molecule has 0 radical (unpaired) electrons. The van der Waals surface area contributed by atoms with Gasteiger partial charge in [-0.05, 0) is 39.4 Å². The van der Waals surface area contributed by atoms with Crippen LogP contribution in [0.2, 0.25) is 0 Å². The maximum Gasteiger partial charge on any atom is 0.0630 e. The van der Waals surface area contributed by atoms with Crippen molar-refractivity contribution in [3.05, 3.63) is 12.7 Å². The summed E-state index contributed by atoms with van der Waals surface area (Å²) >= 11 is 0. The molecule has 0 aromatic carbocycles. The molecule has 0 saturated carbocycles. The number of methoxy groups -OCH3 is 1. The highest BCUT2D eigenvalue weighted by Gasteiger charge is 2.13. The van der Waals surface area contributed by atoms with E-state index < -0.39 is 0 Å². The molecule has 0 amide bonds. The quantitative estimate of drug-likeness (QED) is 0.432. The zero-order valence-electron chi connectivity index (χ0n) is 11.2. The molecule has 0 aliphatic carbocycles. The lowest BCUT2D eigenvalue weighted by Gasteiger charge is -2.27. The van der Waals surface area contributed by atoms with Crippen molar-refractivity contribution in [2.24, 2.45) is 0 Å². The highest BCUT2D eigenvalue weighted by atomic mass is 16.5. The Bertz CT molecular complexity index is 162. The summed E-state index contributed by atoms with van der Waals surface area (Å²) in [6, 6.07) is 0.473. The molecule has 3 nitrogen and oxygen atoms in total. The van der Waals surface area contributed by atoms with Gasteiger partial charge in [-0.2, -0.15) is 0 Å². The third-order valence-electron chi connectivity index (χ3n) is 2.71. The maximum absolute atomic E-state index is 5.26. The topological polar surface area (TPSA) is 24.5 Å². The van der Waals surface area contributed by atoms with E-state index in [1.807, 2.05) is 6.08 Å². The molecule has 0 heterocycles. The van der Waals surface area contributed by atoms with Gasteiger partial charge in [-0.25, -0.2) is 0 Å². The van der Waals surface area contributed by atoms with Crippen molar-refractivity contribution >= 4 is 0 Å². The molecule has 0 spiro atoms. The number of hydrogen-bond acceptors (Lipinski definition) is 3. The summed E-state index contributed by atoms with van der Waals surface area (Å²) in [5.41, 5.74) is 0. The van der Waals surface area contributed by atoms with Gasteiger partial charge in [0.05, 0.1) is 6.61 Å². The second-order valence-corrected chi connectivity index (χ2v) is 4.22. The summed E-state index contributed by atoms with van der Waals surface area (Å²) < 4.78 is 5.26. The van der Waals surface area contributed by atoms with Crippen LogP contribution in [0.15, 0.2) is 12.7 Å². The van der Waals surface area contributed by atoms with E-state index in [1.54, 1.807) is 7.11 Å². The molecule has 0 aromatic heterocycles. The number of likely N-dealkylation sites (N-methyl/N-ethyl adjacent to an activating group) is 1. The fourth-order valence-electron chi connectivity index (χ4n) is 1.65. The van der Waals surface area contributed by atoms with Gasteiger partial charge < -0.3 is 10.1 Å².